The Morgan fingerprint density at radius 3 is 2.57 bits per heavy atom. The van der Waals surface area contributed by atoms with E-state index in [0.29, 0.717) is 28.6 Å². The number of rotatable bonds is 8. The van der Waals surface area contributed by atoms with Crippen molar-refractivity contribution < 1.29 is 44.3 Å². The van der Waals surface area contributed by atoms with E-state index >= 15 is 0 Å². The van der Waals surface area contributed by atoms with E-state index in [9.17, 15) is 8.42 Å². The summed E-state index contributed by atoms with van der Waals surface area (Å²) in [4.78, 5) is 0.140. The number of pyridine rings is 1. The molecule has 0 atom stereocenters. The van der Waals surface area contributed by atoms with Crippen LogP contribution in [0.3, 0.4) is 0 Å². The molecule has 13 heteroatoms. The molecule has 2 aliphatic rings. The summed E-state index contributed by atoms with van der Waals surface area (Å²) >= 11 is 0. The summed E-state index contributed by atoms with van der Waals surface area (Å²) in [6, 6.07) is 25.4. The zero-order valence-corrected chi connectivity index (χ0v) is 26.7. The van der Waals surface area contributed by atoms with Gasteiger partial charge in [0.15, 0.2) is 23.8 Å². The topological polar surface area (TPSA) is 118 Å². The van der Waals surface area contributed by atoms with E-state index in [4.69, 9.17) is 18.9 Å². The highest BCUT2D eigenvalue weighted by Crippen LogP contribution is 2.43. The number of hydrogen-bond donors (Lipinski definition) is 1. The fourth-order valence-electron chi connectivity index (χ4n) is 5.96. The van der Waals surface area contributed by atoms with E-state index in [1.54, 1.807) is 54.4 Å². The number of aryl methyl sites for hydroxylation is 2. The van der Waals surface area contributed by atoms with Crippen LogP contribution in [0.2, 0.25) is 0 Å². The number of fused-ring (bicyclic) bond motifs is 6. The normalized spacial score (nSPS) is 13.0. The van der Waals surface area contributed by atoms with Gasteiger partial charge in [-0.05, 0) is 59.5 Å². The summed E-state index contributed by atoms with van der Waals surface area (Å²) in [6.45, 7) is 1.16. The van der Waals surface area contributed by atoms with E-state index in [-0.39, 0.29) is 30.7 Å². The van der Waals surface area contributed by atoms with Crippen molar-refractivity contribution in [2.24, 2.45) is 0 Å². The van der Waals surface area contributed by atoms with Crippen LogP contribution in [0.4, 0.5) is 5.69 Å². The van der Waals surface area contributed by atoms with Gasteiger partial charge in [-0.2, -0.15) is 4.57 Å². The van der Waals surface area contributed by atoms with Crippen LogP contribution < -0.4 is 40.6 Å². The maximum atomic E-state index is 12.8. The summed E-state index contributed by atoms with van der Waals surface area (Å²) in [5.41, 5.74) is 5.08. The molecule has 0 aliphatic carbocycles. The minimum Gasteiger partial charge on any atom is -1.00 e. The minimum absolute atomic E-state index is 0. The summed E-state index contributed by atoms with van der Waals surface area (Å²) in [7, 11) is -2.11. The maximum Gasteiger partial charge on any atom is 0.261 e. The molecule has 4 heterocycles. The van der Waals surface area contributed by atoms with Gasteiger partial charge in [0.2, 0.25) is 24.4 Å². The van der Waals surface area contributed by atoms with Crippen molar-refractivity contribution in [2.45, 2.75) is 24.5 Å². The standard InChI is InChI=1S/C34H28N5O6S.ClH/c1-42-30-14-8-22-7-13-27-28(15-16-38-19-32-31(17-29(27)38)44-21-45-32)33(22)34(30)43-20-24-18-39(37-35-24)25-9-11-26(12-10-25)46(40,41)36-23-5-3-2-4-6-23;/h2-14,17-19,36H,15-16,20-21H2,1H3;1H/q+1;/p-1. The van der Waals surface area contributed by atoms with Crippen molar-refractivity contribution in [1.29, 1.82) is 0 Å². The number of para-hydroxylation sites is 1. The van der Waals surface area contributed by atoms with E-state index in [1.165, 1.54) is 17.7 Å². The third-order valence-electron chi connectivity index (χ3n) is 8.17. The zero-order chi connectivity index (χ0) is 31.3. The van der Waals surface area contributed by atoms with Gasteiger partial charge >= 0.3 is 0 Å². The van der Waals surface area contributed by atoms with Crippen LogP contribution in [0.5, 0.6) is 23.0 Å². The van der Waals surface area contributed by atoms with Gasteiger partial charge in [-0.15, -0.1) is 5.10 Å². The van der Waals surface area contributed by atoms with E-state index in [2.05, 4.69) is 31.7 Å². The molecule has 0 radical (unpaired) electrons. The van der Waals surface area contributed by atoms with Crippen molar-refractivity contribution in [2.75, 3.05) is 18.6 Å². The monoisotopic (exact) mass is 669 g/mol. The Labute approximate surface area is 276 Å². The van der Waals surface area contributed by atoms with Crippen molar-refractivity contribution in [3.63, 3.8) is 0 Å². The Bertz CT molecular complexity index is 2230. The number of nitrogens with zero attached hydrogens (tertiary/aromatic N) is 4. The van der Waals surface area contributed by atoms with Gasteiger partial charge in [0.25, 0.3) is 10.0 Å². The first-order valence-electron chi connectivity index (χ1n) is 14.7. The number of sulfonamides is 1. The average molecular weight is 670 g/mol. The lowest BCUT2D eigenvalue weighted by molar-refractivity contribution is -0.687. The molecule has 0 fully saturated rings. The molecule has 1 N–H and O–H groups in total. The van der Waals surface area contributed by atoms with Gasteiger partial charge in [0, 0.05) is 17.5 Å². The quantitative estimate of drug-likeness (QED) is 0.245. The van der Waals surface area contributed by atoms with Crippen LogP contribution in [0.15, 0.2) is 102 Å². The number of aromatic nitrogens is 4. The molecule has 0 saturated carbocycles. The molecule has 2 aromatic heterocycles. The molecule has 2 aliphatic heterocycles. The summed E-state index contributed by atoms with van der Waals surface area (Å²) in [5.74, 6) is 2.76. The van der Waals surface area contributed by atoms with Crippen LogP contribution >= 0.6 is 0 Å². The van der Waals surface area contributed by atoms with Crippen molar-refractivity contribution in [1.82, 2.24) is 15.0 Å². The van der Waals surface area contributed by atoms with Crippen LogP contribution in [0.25, 0.3) is 27.7 Å². The molecule has 0 unspecified atom stereocenters. The molecule has 4 aromatic carbocycles. The van der Waals surface area contributed by atoms with Gasteiger partial charge < -0.3 is 31.4 Å². The maximum absolute atomic E-state index is 12.8. The molecule has 47 heavy (non-hydrogen) atoms. The molecule has 0 spiro atoms. The van der Waals surface area contributed by atoms with Crippen LogP contribution in [-0.4, -0.2) is 37.3 Å². The molecule has 0 saturated heterocycles. The lowest BCUT2D eigenvalue weighted by Crippen LogP contribution is -3.00. The molecule has 0 bridgehead atoms. The van der Waals surface area contributed by atoms with Crippen LogP contribution in [0, 0.1) is 0 Å². The van der Waals surface area contributed by atoms with Gasteiger partial charge in [-0.1, -0.05) is 35.5 Å². The Kier molecular flexibility index (Phi) is 7.82. The SMILES string of the molecule is COc1ccc2ccc3c(c2c1OCc1cn(-c2ccc(S(=O)(=O)Nc4ccccc4)cc2)nn1)CC[n+]1cc2c(cc1-3)OCO2.[Cl-]. The summed E-state index contributed by atoms with van der Waals surface area (Å²) in [5, 5.41) is 10.6. The van der Waals surface area contributed by atoms with Crippen molar-refractivity contribution in [3.8, 4) is 39.9 Å². The Morgan fingerprint density at radius 2 is 1.77 bits per heavy atom. The number of nitrogens with one attached hydrogen (secondary N) is 1. The van der Waals surface area contributed by atoms with Crippen molar-refractivity contribution >= 4 is 26.5 Å². The van der Waals surface area contributed by atoms with E-state index < -0.39 is 10.0 Å². The Balaban J connectivity index is 0.00000351. The highest BCUT2D eigenvalue weighted by molar-refractivity contribution is 7.92. The first-order chi connectivity index (χ1) is 22.5. The molecule has 11 nitrogen and oxygen atoms in total. The van der Waals surface area contributed by atoms with Crippen LogP contribution in [-0.2, 0) is 29.6 Å². The van der Waals surface area contributed by atoms with Gasteiger partial charge in [-0.25, -0.2) is 13.1 Å². The number of halogens is 1. The molecule has 0 amide bonds. The first kappa shape index (κ1) is 30.3. The molecular weight excluding hydrogens is 642 g/mol. The Hall–Kier alpha value is -5.33. The Morgan fingerprint density at radius 1 is 0.979 bits per heavy atom. The van der Waals surface area contributed by atoms with E-state index in [1.807, 2.05) is 30.5 Å². The highest BCUT2D eigenvalue weighted by Gasteiger charge is 2.31. The second-order valence-corrected chi connectivity index (χ2v) is 12.6. The fourth-order valence-corrected chi connectivity index (χ4v) is 7.02. The lowest BCUT2D eigenvalue weighted by Gasteiger charge is -2.20. The fraction of sp³-hybridized carbons (Fsp3) is 0.147. The third-order valence-corrected chi connectivity index (χ3v) is 9.57. The van der Waals surface area contributed by atoms with Crippen LogP contribution in [0.1, 0.15) is 11.3 Å². The first-order valence-corrected chi connectivity index (χ1v) is 16.1. The number of ether oxygens (including phenoxy) is 4. The predicted octanol–water partition coefficient (Wildman–Crippen LogP) is 2.05. The number of benzene rings is 4. The van der Waals surface area contributed by atoms with Gasteiger partial charge in [0.1, 0.15) is 12.3 Å². The lowest BCUT2D eigenvalue weighted by atomic mass is 9.91. The smallest absolute Gasteiger partial charge is 0.261 e. The van der Waals surface area contributed by atoms with Crippen molar-refractivity contribution in [3.05, 3.63) is 109 Å². The zero-order valence-electron chi connectivity index (χ0n) is 25.1. The summed E-state index contributed by atoms with van der Waals surface area (Å²) < 4.78 is 55.5. The number of methoxy groups -OCH3 is 1. The second kappa shape index (κ2) is 12.1. The van der Waals surface area contributed by atoms with E-state index in [0.717, 1.165) is 46.5 Å². The third kappa shape index (κ3) is 5.55. The van der Waals surface area contributed by atoms with Gasteiger partial charge in [0.05, 0.1) is 35.5 Å². The summed E-state index contributed by atoms with van der Waals surface area (Å²) in [6.07, 6.45) is 4.57. The molecule has 238 valence electrons. The molecule has 8 rings (SSSR count). The molecule has 6 aromatic rings. The predicted molar refractivity (Wildman–Crippen MR) is 169 cm³/mol. The number of hydrogen-bond acceptors (Lipinski definition) is 8. The number of anilines is 1. The average Bonchev–Trinajstić information content (AvgIpc) is 3.76. The highest BCUT2D eigenvalue weighted by atomic mass is 35.5. The van der Waals surface area contributed by atoms with Gasteiger partial charge in [-0.3, -0.25) is 4.72 Å². The molecular formula is C34H28ClN5O6S. The largest absolute Gasteiger partial charge is 1.00 e. The minimum atomic E-state index is -3.74. The second-order valence-electron chi connectivity index (χ2n) is 10.9.